The first kappa shape index (κ1) is 18.8. The number of hydrogen-bond acceptors (Lipinski definition) is 4. The van der Waals surface area contributed by atoms with Gasteiger partial charge in [-0.25, -0.2) is 5.43 Å². The lowest BCUT2D eigenvalue weighted by molar-refractivity contribution is 0.0954. The molecule has 0 spiro atoms. The van der Waals surface area contributed by atoms with Crippen LogP contribution >= 0.6 is 0 Å². The summed E-state index contributed by atoms with van der Waals surface area (Å²) in [5.74, 6) is 0.202. The van der Waals surface area contributed by atoms with Crippen molar-refractivity contribution in [2.24, 2.45) is 5.10 Å². The van der Waals surface area contributed by atoms with Crippen LogP contribution in [0.2, 0.25) is 0 Å². The largest absolute Gasteiger partial charge is 0.497 e. The second-order valence-electron chi connectivity index (χ2n) is 5.87. The van der Waals surface area contributed by atoms with Gasteiger partial charge in [-0.05, 0) is 66.2 Å². The number of nitrogens with zero attached hydrogens (tertiary/aromatic N) is 1. The molecule has 3 aromatic carbocycles. The first-order valence-electron chi connectivity index (χ1n) is 8.59. The molecular weight excluding hydrogens is 354 g/mol. The van der Waals surface area contributed by atoms with Crippen molar-refractivity contribution in [3.05, 3.63) is 95.6 Å². The van der Waals surface area contributed by atoms with Crippen molar-refractivity contribution in [1.82, 2.24) is 5.43 Å². The van der Waals surface area contributed by atoms with Crippen LogP contribution in [-0.2, 0) is 0 Å². The normalized spacial score (nSPS) is 10.5. The molecule has 2 N–H and O–H groups in total. The van der Waals surface area contributed by atoms with Crippen molar-refractivity contribution >= 4 is 23.7 Å². The summed E-state index contributed by atoms with van der Waals surface area (Å²) in [7, 11) is 1.60. The summed E-state index contributed by atoms with van der Waals surface area (Å²) >= 11 is 0. The molecule has 0 saturated heterocycles. The summed E-state index contributed by atoms with van der Waals surface area (Å²) < 4.78 is 5.09. The van der Waals surface area contributed by atoms with Gasteiger partial charge in [0.1, 0.15) is 5.75 Å². The molecule has 0 heterocycles. The Hall–Kier alpha value is -3.93. The van der Waals surface area contributed by atoms with Gasteiger partial charge in [-0.2, -0.15) is 5.10 Å². The Labute approximate surface area is 162 Å². The molecule has 3 aromatic rings. The van der Waals surface area contributed by atoms with Gasteiger partial charge in [-0.3, -0.25) is 9.59 Å². The number of benzene rings is 3. The van der Waals surface area contributed by atoms with E-state index in [9.17, 15) is 9.59 Å². The molecular formula is C22H19N3O3. The van der Waals surface area contributed by atoms with Crippen LogP contribution in [0.4, 0.5) is 5.69 Å². The third-order valence-corrected chi connectivity index (χ3v) is 3.94. The molecule has 0 bridgehead atoms. The highest BCUT2D eigenvalue weighted by molar-refractivity contribution is 6.04. The molecule has 0 saturated carbocycles. The van der Waals surface area contributed by atoms with Gasteiger partial charge in [0.05, 0.1) is 13.3 Å². The maximum Gasteiger partial charge on any atom is 0.271 e. The molecule has 0 fully saturated rings. The van der Waals surface area contributed by atoms with Crippen molar-refractivity contribution in [3.63, 3.8) is 0 Å². The summed E-state index contributed by atoms with van der Waals surface area (Å²) in [5.41, 5.74) is 4.91. The zero-order valence-corrected chi connectivity index (χ0v) is 15.3. The number of hydrogen-bond donors (Lipinski definition) is 2. The maximum atomic E-state index is 12.2. The van der Waals surface area contributed by atoms with Crippen molar-refractivity contribution in [1.29, 1.82) is 0 Å². The van der Waals surface area contributed by atoms with Crippen LogP contribution in [0.5, 0.6) is 5.75 Å². The number of nitrogens with one attached hydrogen (secondary N) is 2. The molecule has 0 aromatic heterocycles. The number of carbonyl (C=O) groups excluding carboxylic acids is 2. The van der Waals surface area contributed by atoms with Gasteiger partial charge in [0.2, 0.25) is 0 Å². The number of anilines is 1. The maximum absolute atomic E-state index is 12.2. The van der Waals surface area contributed by atoms with Gasteiger partial charge < -0.3 is 10.1 Å². The Morgan fingerprint density at radius 1 is 0.821 bits per heavy atom. The predicted molar refractivity (Wildman–Crippen MR) is 109 cm³/mol. The van der Waals surface area contributed by atoms with Crippen LogP contribution in [-0.4, -0.2) is 25.1 Å². The smallest absolute Gasteiger partial charge is 0.271 e. The highest BCUT2D eigenvalue weighted by atomic mass is 16.5. The number of carbonyl (C=O) groups is 2. The summed E-state index contributed by atoms with van der Waals surface area (Å²) in [6.07, 6.45) is 1.55. The van der Waals surface area contributed by atoms with Crippen LogP contribution in [0.15, 0.2) is 84.0 Å². The molecule has 2 amide bonds. The van der Waals surface area contributed by atoms with E-state index >= 15 is 0 Å². The summed E-state index contributed by atoms with van der Waals surface area (Å²) in [6.45, 7) is 0. The monoisotopic (exact) mass is 373 g/mol. The summed E-state index contributed by atoms with van der Waals surface area (Å²) in [6, 6.07) is 22.8. The van der Waals surface area contributed by atoms with E-state index in [1.807, 2.05) is 30.3 Å². The summed E-state index contributed by atoms with van der Waals surface area (Å²) in [4.78, 5) is 24.3. The minimum atomic E-state index is -0.342. The Kier molecular flexibility index (Phi) is 6.15. The van der Waals surface area contributed by atoms with E-state index in [4.69, 9.17) is 4.74 Å². The van der Waals surface area contributed by atoms with Crippen LogP contribution in [0.1, 0.15) is 26.3 Å². The standard InChI is InChI=1S/C22H19N3O3/c1-28-20-13-7-16(8-14-20)15-23-25-22(27)18-9-11-19(12-10-18)24-21(26)17-5-3-2-4-6-17/h2-15H,1H3,(H,24,26)(H,25,27)/b23-15-. The second kappa shape index (κ2) is 9.14. The van der Waals surface area contributed by atoms with Gasteiger partial charge >= 0.3 is 0 Å². The number of methoxy groups -OCH3 is 1. The fourth-order valence-corrected chi connectivity index (χ4v) is 2.42. The van der Waals surface area contributed by atoms with E-state index in [1.54, 1.807) is 61.9 Å². The number of ether oxygens (including phenoxy) is 1. The minimum Gasteiger partial charge on any atom is -0.497 e. The quantitative estimate of drug-likeness (QED) is 0.511. The van der Waals surface area contributed by atoms with Crippen LogP contribution in [0, 0.1) is 0 Å². The first-order valence-corrected chi connectivity index (χ1v) is 8.59. The van der Waals surface area contributed by atoms with Gasteiger partial charge in [-0.1, -0.05) is 18.2 Å². The highest BCUT2D eigenvalue weighted by Crippen LogP contribution is 2.12. The summed E-state index contributed by atoms with van der Waals surface area (Å²) in [5, 5.41) is 6.74. The molecule has 0 unspecified atom stereocenters. The van der Waals surface area contributed by atoms with Crippen molar-refractivity contribution in [2.45, 2.75) is 0 Å². The molecule has 0 aliphatic rings. The molecule has 28 heavy (non-hydrogen) atoms. The molecule has 0 aliphatic heterocycles. The molecule has 0 aliphatic carbocycles. The van der Waals surface area contributed by atoms with E-state index in [-0.39, 0.29) is 11.8 Å². The lowest BCUT2D eigenvalue weighted by Crippen LogP contribution is -2.17. The molecule has 6 heteroatoms. The molecule has 3 rings (SSSR count). The van der Waals surface area contributed by atoms with Gasteiger partial charge in [0, 0.05) is 16.8 Å². The van der Waals surface area contributed by atoms with E-state index in [2.05, 4.69) is 15.8 Å². The van der Waals surface area contributed by atoms with Gasteiger partial charge in [0.25, 0.3) is 11.8 Å². The lowest BCUT2D eigenvalue weighted by atomic mass is 10.1. The average Bonchev–Trinajstić information content (AvgIpc) is 2.75. The zero-order valence-electron chi connectivity index (χ0n) is 15.3. The first-order chi connectivity index (χ1) is 13.7. The van der Waals surface area contributed by atoms with Crippen molar-refractivity contribution < 1.29 is 14.3 Å². The van der Waals surface area contributed by atoms with E-state index in [1.165, 1.54) is 0 Å². The fraction of sp³-hybridized carbons (Fsp3) is 0.0455. The van der Waals surface area contributed by atoms with Gasteiger partial charge in [0.15, 0.2) is 0 Å². The topological polar surface area (TPSA) is 79.8 Å². The Balaban J connectivity index is 1.55. The second-order valence-corrected chi connectivity index (χ2v) is 5.87. The molecule has 140 valence electrons. The Morgan fingerprint density at radius 2 is 1.46 bits per heavy atom. The SMILES string of the molecule is COc1ccc(/C=N\NC(=O)c2ccc(NC(=O)c3ccccc3)cc2)cc1. The molecule has 6 nitrogen and oxygen atoms in total. The number of hydrazone groups is 1. The molecule has 0 radical (unpaired) electrons. The van der Waals surface area contributed by atoms with Crippen molar-refractivity contribution in [2.75, 3.05) is 12.4 Å². The zero-order chi connectivity index (χ0) is 19.8. The third kappa shape index (κ3) is 5.04. The van der Waals surface area contributed by atoms with Crippen LogP contribution < -0.4 is 15.5 Å². The Morgan fingerprint density at radius 3 is 2.11 bits per heavy atom. The lowest BCUT2D eigenvalue weighted by Gasteiger charge is -2.06. The fourth-order valence-electron chi connectivity index (χ4n) is 2.42. The van der Waals surface area contributed by atoms with E-state index in [0.29, 0.717) is 16.8 Å². The van der Waals surface area contributed by atoms with E-state index < -0.39 is 0 Å². The van der Waals surface area contributed by atoms with Crippen LogP contribution in [0.25, 0.3) is 0 Å². The van der Waals surface area contributed by atoms with Crippen molar-refractivity contribution in [3.8, 4) is 5.75 Å². The Bertz CT molecular complexity index is 966. The van der Waals surface area contributed by atoms with Crippen LogP contribution in [0.3, 0.4) is 0 Å². The van der Waals surface area contributed by atoms with Gasteiger partial charge in [-0.15, -0.1) is 0 Å². The average molecular weight is 373 g/mol. The highest BCUT2D eigenvalue weighted by Gasteiger charge is 2.07. The predicted octanol–water partition coefficient (Wildman–Crippen LogP) is 3.71. The third-order valence-electron chi connectivity index (χ3n) is 3.94. The molecule has 0 atom stereocenters. The number of rotatable bonds is 6. The minimum absolute atomic E-state index is 0.207. The van der Waals surface area contributed by atoms with E-state index in [0.717, 1.165) is 11.3 Å². The number of amides is 2.